The lowest BCUT2D eigenvalue weighted by atomic mass is 10.2. The molecule has 2 aromatic rings. The van der Waals surface area contributed by atoms with Crippen LogP contribution in [-0.2, 0) is 11.2 Å². The Morgan fingerprint density at radius 1 is 1.22 bits per heavy atom. The number of carbonyl (C=O) groups excluding carboxylic acids is 1. The summed E-state index contributed by atoms with van der Waals surface area (Å²) in [5.74, 6) is 0.935. The van der Waals surface area contributed by atoms with Crippen molar-refractivity contribution in [1.29, 1.82) is 0 Å². The number of nitrogens with one attached hydrogen (secondary N) is 1. The number of hydrogen-bond donors (Lipinski definition) is 2. The Bertz CT molecular complexity index is 668. The van der Waals surface area contributed by atoms with Crippen molar-refractivity contribution < 1.29 is 14.3 Å². The van der Waals surface area contributed by atoms with Crippen LogP contribution in [0.25, 0.3) is 0 Å². The van der Waals surface area contributed by atoms with Gasteiger partial charge in [-0.2, -0.15) is 0 Å². The lowest BCUT2D eigenvalue weighted by Crippen LogP contribution is -2.30. The monoisotopic (exact) mass is 314 g/mol. The fourth-order valence-corrected chi connectivity index (χ4v) is 2.12. The molecule has 0 heterocycles. The average Bonchev–Trinajstić information content (AvgIpc) is 2.55. The first-order valence-electron chi connectivity index (χ1n) is 7.53. The van der Waals surface area contributed by atoms with E-state index >= 15 is 0 Å². The van der Waals surface area contributed by atoms with Crippen molar-refractivity contribution >= 4 is 17.3 Å². The predicted molar refractivity (Wildman–Crippen MR) is 91.9 cm³/mol. The Kier molecular flexibility index (Phi) is 5.46. The summed E-state index contributed by atoms with van der Waals surface area (Å²) in [7, 11) is 1.54. The standard InChI is InChI=1S/C18H22N2O3/c1-4-13-5-8-15(9-6-13)23-12(2)18(21)20-16-11-14(19)7-10-17(16)22-3/h5-12H,4,19H2,1-3H3,(H,20,21)/t12-/m1/s1. The van der Waals surface area contributed by atoms with Gasteiger partial charge in [-0.1, -0.05) is 19.1 Å². The lowest BCUT2D eigenvalue weighted by molar-refractivity contribution is -0.122. The molecule has 0 aliphatic rings. The molecule has 0 unspecified atom stereocenters. The first kappa shape index (κ1) is 16.7. The third-order valence-electron chi connectivity index (χ3n) is 3.50. The summed E-state index contributed by atoms with van der Waals surface area (Å²) < 4.78 is 10.9. The van der Waals surface area contributed by atoms with E-state index in [1.165, 1.54) is 12.7 Å². The summed E-state index contributed by atoms with van der Waals surface area (Å²) in [6, 6.07) is 12.8. The number of methoxy groups -OCH3 is 1. The van der Waals surface area contributed by atoms with E-state index in [2.05, 4.69) is 12.2 Å². The zero-order valence-electron chi connectivity index (χ0n) is 13.6. The SMILES string of the molecule is CCc1ccc(O[C@H](C)C(=O)Nc2cc(N)ccc2OC)cc1. The van der Waals surface area contributed by atoms with Crippen molar-refractivity contribution in [1.82, 2.24) is 0 Å². The fourth-order valence-electron chi connectivity index (χ4n) is 2.12. The molecule has 0 aromatic heterocycles. The minimum Gasteiger partial charge on any atom is -0.495 e. The third kappa shape index (κ3) is 4.39. The minimum atomic E-state index is -0.645. The van der Waals surface area contributed by atoms with E-state index in [0.717, 1.165) is 6.42 Å². The zero-order chi connectivity index (χ0) is 16.8. The molecule has 1 atom stereocenters. The molecular weight excluding hydrogens is 292 g/mol. The maximum Gasteiger partial charge on any atom is 0.265 e. The van der Waals surface area contributed by atoms with E-state index in [0.29, 0.717) is 22.9 Å². The Balaban J connectivity index is 2.03. The largest absolute Gasteiger partial charge is 0.495 e. The Labute approximate surface area is 136 Å². The number of rotatable bonds is 6. The van der Waals surface area contributed by atoms with Gasteiger partial charge in [0.15, 0.2) is 6.10 Å². The number of anilines is 2. The topological polar surface area (TPSA) is 73.6 Å². The smallest absolute Gasteiger partial charge is 0.265 e. The number of nitrogen functional groups attached to an aromatic ring is 1. The number of benzene rings is 2. The molecule has 1 amide bonds. The van der Waals surface area contributed by atoms with Gasteiger partial charge < -0.3 is 20.5 Å². The lowest BCUT2D eigenvalue weighted by Gasteiger charge is -2.16. The highest BCUT2D eigenvalue weighted by molar-refractivity contribution is 5.95. The van der Waals surface area contributed by atoms with Crippen LogP contribution in [0.1, 0.15) is 19.4 Å². The zero-order valence-corrected chi connectivity index (χ0v) is 13.6. The molecule has 23 heavy (non-hydrogen) atoms. The number of aryl methyl sites for hydroxylation is 1. The van der Waals surface area contributed by atoms with Crippen molar-refractivity contribution in [3.05, 3.63) is 48.0 Å². The van der Waals surface area contributed by atoms with Crippen LogP contribution in [0.3, 0.4) is 0 Å². The van der Waals surface area contributed by atoms with E-state index in [1.54, 1.807) is 25.1 Å². The number of amides is 1. The van der Waals surface area contributed by atoms with Crippen LogP contribution < -0.4 is 20.5 Å². The van der Waals surface area contributed by atoms with Crippen LogP contribution in [-0.4, -0.2) is 19.1 Å². The summed E-state index contributed by atoms with van der Waals surface area (Å²) in [6.07, 6.45) is 0.319. The van der Waals surface area contributed by atoms with Gasteiger partial charge in [-0.15, -0.1) is 0 Å². The number of carbonyl (C=O) groups is 1. The van der Waals surface area contributed by atoms with Crippen molar-refractivity contribution in [3.8, 4) is 11.5 Å². The van der Waals surface area contributed by atoms with E-state index in [9.17, 15) is 4.79 Å². The van der Waals surface area contributed by atoms with Gasteiger partial charge in [0.05, 0.1) is 12.8 Å². The maximum atomic E-state index is 12.3. The molecule has 5 heteroatoms. The highest BCUT2D eigenvalue weighted by Gasteiger charge is 2.17. The number of hydrogen-bond acceptors (Lipinski definition) is 4. The normalized spacial score (nSPS) is 11.6. The molecule has 0 saturated carbocycles. The van der Waals surface area contributed by atoms with E-state index in [-0.39, 0.29) is 5.91 Å². The van der Waals surface area contributed by atoms with Crippen LogP contribution in [0.2, 0.25) is 0 Å². The summed E-state index contributed by atoms with van der Waals surface area (Å²) in [4.78, 5) is 12.3. The Morgan fingerprint density at radius 2 is 1.91 bits per heavy atom. The van der Waals surface area contributed by atoms with Gasteiger partial charge in [0, 0.05) is 5.69 Å². The van der Waals surface area contributed by atoms with E-state index in [4.69, 9.17) is 15.2 Å². The fraction of sp³-hybridized carbons (Fsp3) is 0.278. The Morgan fingerprint density at radius 3 is 2.52 bits per heavy atom. The van der Waals surface area contributed by atoms with Crippen LogP contribution >= 0.6 is 0 Å². The Hall–Kier alpha value is -2.69. The van der Waals surface area contributed by atoms with Crippen LogP contribution in [0.5, 0.6) is 11.5 Å². The first-order chi connectivity index (χ1) is 11.0. The summed E-state index contributed by atoms with van der Waals surface area (Å²) in [6.45, 7) is 3.78. The second-order valence-corrected chi connectivity index (χ2v) is 5.21. The highest BCUT2D eigenvalue weighted by Crippen LogP contribution is 2.26. The molecule has 2 aromatic carbocycles. The summed E-state index contributed by atoms with van der Waals surface area (Å²) in [5.41, 5.74) is 8.04. The number of nitrogens with two attached hydrogens (primary N) is 1. The van der Waals surface area contributed by atoms with Gasteiger partial charge in [0.1, 0.15) is 11.5 Å². The average molecular weight is 314 g/mol. The molecule has 3 N–H and O–H groups in total. The van der Waals surface area contributed by atoms with Gasteiger partial charge in [0.2, 0.25) is 0 Å². The van der Waals surface area contributed by atoms with Gasteiger partial charge in [-0.25, -0.2) is 0 Å². The molecule has 0 spiro atoms. The predicted octanol–water partition coefficient (Wildman–Crippen LogP) is 3.25. The van der Waals surface area contributed by atoms with Crippen molar-refractivity contribution in [3.63, 3.8) is 0 Å². The molecule has 0 fully saturated rings. The minimum absolute atomic E-state index is 0.270. The van der Waals surface area contributed by atoms with Crippen molar-refractivity contribution in [2.45, 2.75) is 26.4 Å². The van der Waals surface area contributed by atoms with Gasteiger partial charge >= 0.3 is 0 Å². The first-order valence-corrected chi connectivity index (χ1v) is 7.53. The van der Waals surface area contributed by atoms with E-state index in [1.807, 2.05) is 24.3 Å². The molecule has 0 radical (unpaired) electrons. The van der Waals surface area contributed by atoms with Crippen LogP contribution in [0.15, 0.2) is 42.5 Å². The van der Waals surface area contributed by atoms with Crippen molar-refractivity contribution in [2.24, 2.45) is 0 Å². The summed E-state index contributed by atoms with van der Waals surface area (Å²) >= 11 is 0. The highest BCUT2D eigenvalue weighted by atomic mass is 16.5. The van der Waals surface area contributed by atoms with Gasteiger partial charge in [0.25, 0.3) is 5.91 Å². The molecular formula is C18H22N2O3. The second kappa shape index (κ2) is 7.54. The van der Waals surface area contributed by atoms with Crippen LogP contribution in [0.4, 0.5) is 11.4 Å². The molecule has 0 bridgehead atoms. The van der Waals surface area contributed by atoms with Gasteiger partial charge in [-0.05, 0) is 49.2 Å². The van der Waals surface area contributed by atoms with Gasteiger partial charge in [-0.3, -0.25) is 4.79 Å². The molecule has 0 saturated heterocycles. The van der Waals surface area contributed by atoms with Crippen molar-refractivity contribution in [2.75, 3.05) is 18.2 Å². The number of ether oxygens (including phenoxy) is 2. The third-order valence-corrected chi connectivity index (χ3v) is 3.50. The summed E-state index contributed by atoms with van der Waals surface area (Å²) in [5, 5.41) is 2.78. The molecule has 5 nitrogen and oxygen atoms in total. The molecule has 2 rings (SSSR count). The quantitative estimate of drug-likeness (QED) is 0.803. The molecule has 0 aliphatic heterocycles. The van der Waals surface area contributed by atoms with Crippen LogP contribution in [0, 0.1) is 0 Å². The second-order valence-electron chi connectivity index (χ2n) is 5.21. The molecule has 122 valence electrons. The maximum absolute atomic E-state index is 12.3. The molecule has 0 aliphatic carbocycles. The van der Waals surface area contributed by atoms with E-state index < -0.39 is 6.10 Å².